The molecular weight excluding hydrogens is 414 g/mol. The number of carbonyl (C=O) groups excluding carboxylic acids is 1. The monoisotopic (exact) mass is 443 g/mol. The highest BCUT2D eigenvalue weighted by Gasteiger charge is 2.25. The zero-order chi connectivity index (χ0) is 23.0. The summed E-state index contributed by atoms with van der Waals surface area (Å²) in [4.78, 5) is 26.9. The van der Waals surface area contributed by atoms with Crippen LogP contribution in [0, 0.1) is 0 Å². The van der Waals surface area contributed by atoms with Gasteiger partial charge in [0.1, 0.15) is 11.2 Å². The van der Waals surface area contributed by atoms with Crippen LogP contribution >= 0.6 is 0 Å². The number of carbonyl (C=O) groups is 1. The van der Waals surface area contributed by atoms with E-state index >= 15 is 0 Å². The fourth-order valence-corrected chi connectivity index (χ4v) is 4.56. The highest BCUT2D eigenvalue weighted by molar-refractivity contribution is 5.99. The minimum atomic E-state index is -0.506. The molecule has 0 radical (unpaired) electrons. The van der Waals surface area contributed by atoms with Crippen molar-refractivity contribution in [1.29, 1.82) is 0 Å². The first kappa shape index (κ1) is 21.2. The van der Waals surface area contributed by atoms with Crippen LogP contribution in [0.4, 0.5) is 10.5 Å². The van der Waals surface area contributed by atoms with Gasteiger partial charge in [0.25, 0.3) is 0 Å². The molecule has 1 unspecified atom stereocenters. The van der Waals surface area contributed by atoms with Crippen LogP contribution in [0.1, 0.15) is 33.6 Å². The number of hydrogen-bond acceptors (Lipinski definition) is 5. The first-order valence-electron chi connectivity index (χ1n) is 11.4. The number of fused-ring (bicyclic) bond motifs is 2. The lowest BCUT2D eigenvalue weighted by atomic mass is 10.0. The van der Waals surface area contributed by atoms with Gasteiger partial charge in [-0.1, -0.05) is 6.07 Å². The lowest BCUT2D eigenvalue weighted by Gasteiger charge is -2.35. The zero-order valence-corrected chi connectivity index (χ0v) is 19.3. The molecule has 1 fully saturated rings. The number of pyridine rings is 2. The van der Waals surface area contributed by atoms with E-state index in [0.717, 1.165) is 64.7 Å². The fraction of sp³-hybridized carbons (Fsp3) is 0.346. The average molecular weight is 444 g/mol. The van der Waals surface area contributed by atoms with Gasteiger partial charge in [-0.05, 0) is 69.5 Å². The molecule has 1 saturated heterocycles. The molecule has 0 spiro atoms. The maximum atomic E-state index is 12.3. The minimum Gasteiger partial charge on any atom is -0.444 e. The minimum absolute atomic E-state index is 0.0414. The van der Waals surface area contributed by atoms with Crippen molar-refractivity contribution in [3.63, 3.8) is 0 Å². The van der Waals surface area contributed by atoms with Crippen molar-refractivity contribution < 1.29 is 9.53 Å². The summed E-state index contributed by atoms with van der Waals surface area (Å²) in [5, 5.41) is 5.25. The lowest BCUT2D eigenvalue weighted by Crippen LogP contribution is -2.49. The highest BCUT2D eigenvalue weighted by atomic mass is 16.6. The number of nitrogens with zero attached hydrogens (tertiary/aromatic N) is 3. The van der Waals surface area contributed by atoms with E-state index in [4.69, 9.17) is 4.74 Å². The summed E-state index contributed by atoms with van der Waals surface area (Å²) in [5.41, 5.74) is 4.71. The standard InChI is InChI=1S/C26H29N5O2/c1-26(2,3)33-25(32)30-18-6-5-13-31(16-18)23-10-12-27-22-9-8-17(14-20(22)23)21-15-29-24-19(21)7-4-11-28-24/h4,7-12,14-15,18H,5-6,13,16H2,1-3H3,(H,28,29)(H,30,32). The van der Waals surface area contributed by atoms with E-state index in [9.17, 15) is 4.79 Å². The van der Waals surface area contributed by atoms with Crippen LogP contribution < -0.4 is 10.2 Å². The van der Waals surface area contributed by atoms with E-state index in [-0.39, 0.29) is 12.1 Å². The number of nitrogens with one attached hydrogen (secondary N) is 2. The van der Waals surface area contributed by atoms with Crippen LogP contribution in [0.2, 0.25) is 0 Å². The predicted molar refractivity (Wildman–Crippen MR) is 131 cm³/mol. The quantitative estimate of drug-likeness (QED) is 0.451. The molecule has 1 atom stereocenters. The van der Waals surface area contributed by atoms with Crippen LogP contribution in [0.25, 0.3) is 33.1 Å². The molecule has 1 aromatic carbocycles. The van der Waals surface area contributed by atoms with E-state index in [0.29, 0.717) is 0 Å². The first-order chi connectivity index (χ1) is 15.9. The van der Waals surface area contributed by atoms with Gasteiger partial charge in [0, 0.05) is 59.7 Å². The zero-order valence-electron chi connectivity index (χ0n) is 19.3. The number of amides is 1. The molecule has 0 bridgehead atoms. The third-order valence-corrected chi connectivity index (χ3v) is 5.96. The normalized spacial score (nSPS) is 16.8. The van der Waals surface area contributed by atoms with Crippen molar-refractivity contribution in [2.75, 3.05) is 18.0 Å². The summed E-state index contributed by atoms with van der Waals surface area (Å²) in [5.74, 6) is 0. The number of hydrogen-bond donors (Lipinski definition) is 2. The molecule has 7 nitrogen and oxygen atoms in total. The van der Waals surface area contributed by atoms with Crippen molar-refractivity contribution in [3.8, 4) is 11.1 Å². The number of alkyl carbamates (subject to hydrolysis) is 1. The van der Waals surface area contributed by atoms with Crippen LogP contribution in [-0.4, -0.2) is 45.8 Å². The van der Waals surface area contributed by atoms with E-state index in [1.807, 2.05) is 39.2 Å². The first-order valence-corrected chi connectivity index (χ1v) is 11.4. The third kappa shape index (κ3) is 4.49. The Kier molecular flexibility index (Phi) is 5.40. The molecule has 0 aliphatic carbocycles. The molecule has 4 heterocycles. The van der Waals surface area contributed by atoms with Crippen LogP contribution in [0.5, 0.6) is 0 Å². The number of anilines is 1. The van der Waals surface area contributed by atoms with Crippen LogP contribution in [0.15, 0.2) is 55.0 Å². The van der Waals surface area contributed by atoms with E-state index < -0.39 is 5.60 Å². The van der Waals surface area contributed by atoms with Crippen molar-refractivity contribution in [3.05, 3.63) is 55.0 Å². The summed E-state index contributed by atoms with van der Waals surface area (Å²) in [6, 6.07) is 12.5. The Balaban J connectivity index is 1.44. The molecule has 2 N–H and O–H groups in total. The molecule has 0 saturated carbocycles. The van der Waals surface area contributed by atoms with Gasteiger partial charge in [-0.25, -0.2) is 9.78 Å². The lowest BCUT2D eigenvalue weighted by molar-refractivity contribution is 0.0500. The SMILES string of the molecule is CC(C)(C)OC(=O)NC1CCCN(c2ccnc3ccc(-c4c[nH]c5ncccc45)cc23)C1. The average Bonchev–Trinajstić information content (AvgIpc) is 3.21. The van der Waals surface area contributed by atoms with Crippen molar-refractivity contribution in [2.24, 2.45) is 0 Å². The van der Waals surface area contributed by atoms with Gasteiger partial charge in [-0.3, -0.25) is 4.98 Å². The molecule has 170 valence electrons. The summed E-state index contributed by atoms with van der Waals surface area (Å²) in [7, 11) is 0. The van der Waals surface area contributed by atoms with Gasteiger partial charge in [0.15, 0.2) is 0 Å². The Bertz CT molecular complexity index is 1310. The Hall–Kier alpha value is -3.61. The van der Waals surface area contributed by atoms with Gasteiger partial charge in [0.2, 0.25) is 0 Å². The molecule has 1 aliphatic rings. The second kappa shape index (κ2) is 8.39. The van der Waals surface area contributed by atoms with Gasteiger partial charge in [0.05, 0.1) is 5.52 Å². The van der Waals surface area contributed by atoms with Crippen LogP contribution in [-0.2, 0) is 4.74 Å². The van der Waals surface area contributed by atoms with Crippen LogP contribution in [0.3, 0.4) is 0 Å². The topological polar surface area (TPSA) is 83.1 Å². The van der Waals surface area contributed by atoms with Gasteiger partial charge < -0.3 is 19.9 Å². The molecule has 7 heteroatoms. The molecule has 3 aromatic heterocycles. The summed E-state index contributed by atoms with van der Waals surface area (Å²) in [6.07, 6.45) is 7.24. The van der Waals surface area contributed by atoms with E-state index in [1.165, 1.54) is 0 Å². The third-order valence-electron chi connectivity index (χ3n) is 5.96. The largest absolute Gasteiger partial charge is 0.444 e. The van der Waals surface area contributed by atoms with Crippen molar-refractivity contribution >= 4 is 33.7 Å². The van der Waals surface area contributed by atoms with Gasteiger partial charge in [-0.15, -0.1) is 0 Å². The maximum absolute atomic E-state index is 12.3. The molecule has 5 rings (SSSR count). The van der Waals surface area contributed by atoms with Crippen molar-refractivity contribution in [2.45, 2.75) is 45.3 Å². The van der Waals surface area contributed by atoms with Crippen molar-refractivity contribution in [1.82, 2.24) is 20.3 Å². The number of rotatable bonds is 3. The van der Waals surface area contributed by atoms with E-state index in [2.05, 4.69) is 55.5 Å². The Morgan fingerprint density at radius 3 is 2.88 bits per heavy atom. The number of H-pyrrole nitrogens is 1. The number of aromatic amines is 1. The second-order valence-electron chi connectivity index (χ2n) is 9.60. The maximum Gasteiger partial charge on any atom is 0.407 e. The summed E-state index contributed by atoms with van der Waals surface area (Å²) < 4.78 is 5.46. The number of aromatic nitrogens is 3. The Morgan fingerprint density at radius 2 is 2.03 bits per heavy atom. The number of ether oxygens (including phenoxy) is 1. The van der Waals surface area contributed by atoms with Gasteiger partial charge in [-0.2, -0.15) is 0 Å². The fourth-order valence-electron chi connectivity index (χ4n) is 4.56. The highest BCUT2D eigenvalue weighted by Crippen LogP contribution is 2.34. The Morgan fingerprint density at radius 1 is 1.15 bits per heavy atom. The molecule has 1 amide bonds. The van der Waals surface area contributed by atoms with E-state index in [1.54, 1.807) is 6.20 Å². The number of piperidine rings is 1. The molecule has 4 aromatic rings. The molecular formula is C26H29N5O2. The smallest absolute Gasteiger partial charge is 0.407 e. The Labute approximate surface area is 193 Å². The second-order valence-corrected chi connectivity index (χ2v) is 9.60. The predicted octanol–water partition coefficient (Wildman–Crippen LogP) is 5.27. The number of benzene rings is 1. The summed E-state index contributed by atoms with van der Waals surface area (Å²) >= 11 is 0. The molecule has 33 heavy (non-hydrogen) atoms. The molecule has 1 aliphatic heterocycles. The summed E-state index contributed by atoms with van der Waals surface area (Å²) in [6.45, 7) is 7.31. The van der Waals surface area contributed by atoms with Gasteiger partial charge >= 0.3 is 6.09 Å².